The Morgan fingerprint density at radius 3 is 2.31 bits per heavy atom. The SMILES string of the molecule is CC(=O)c1cccc(Nc2ccc(C(=O)Nc3ccc(Cl)cc3)nc2)c1. The average Bonchev–Trinajstić information content (AvgIpc) is 2.64. The van der Waals surface area contributed by atoms with Crippen LogP contribution in [-0.2, 0) is 0 Å². The van der Waals surface area contributed by atoms with E-state index >= 15 is 0 Å². The largest absolute Gasteiger partial charge is 0.354 e. The lowest BCUT2D eigenvalue weighted by Gasteiger charge is -2.08. The number of nitrogens with one attached hydrogen (secondary N) is 2. The van der Waals surface area contributed by atoms with E-state index in [1.807, 2.05) is 6.07 Å². The fourth-order valence-corrected chi connectivity index (χ4v) is 2.44. The summed E-state index contributed by atoms with van der Waals surface area (Å²) in [5.74, 6) is -0.307. The van der Waals surface area contributed by atoms with Gasteiger partial charge in [-0.05, 0) is 55.5 Å². The Morgan fingerprint density at radius 2 is 1.65 bits per heavy atom. The predicted octanol–water partition coefficient (Wildman–Crippen LogP) is 4.93. The Bertz CT molecular complexity index is 938. The second-order valence-electron chi connectivity index (χ2n) is 5.66. The van der Waals surface area contributed by atoms with E-state index in [9.17, 15) is 9.59 Å². The third kappa shape index (κ3) is 4.46. The standard InChI is InChI=1S/C20H16ClN3O2/c1-13(25)14-3-2-4-17(11-14)23-18-9-10-19(22-12-18)20(26)24-16-7-5-15(21)6-8-16/h2-12,23H,1H3,(H,24,26). The van der Waals surface area contributed by atoms with E-state index in [-0.39, 0.29) is 11.7 Å². The number of aromatic nitrogens is 1. The number of rotatable bonds is 5. The highest BCUT2D eigenvalue weighted by Gasteiger charge is 2.08. The summed E-state index contributed by atoms with van der Waals surface area (Å²) in [5, 5.41) is 6.52. The van der Waals surface area contributed by atoms with Gasteiger partial charge in [0, 0.05) is 22.0 Å². The van der Waals surface area contributed by atoms with Crippen LogP contribution in [0, 0.1) is 0 Å². The van der Waals surface area contributed by atoms with Crippen molar-refractivity contribution in [3.05, 3.63) is 83.1 Å². The summed E-state index contributed by atoms with van der Waals surface area (Å²) in [4.78, 5) is 27.8. The van der Waals surface area contributed by atoms with Gasteiger partial charge in [0.2, 0.25) is 0 Å². The van der Waals surface area contributed by atoms with Gasteiger partial charge in [-0.2, -0.15) is 0 Å². The number of hydrogen-bond acceptors (Lipinski definition) is 4. The number of carbonyl (C=O) groups excluding carboxylic acids is 2. The zero-order valence-corrected chi connectivity index (χ0v) is 14.7. The van der Waals surface area contributed by atoms with Crippen molar-refractivity contribution < 1.29 is 9.59 Å². The van der Waals surface area contributed by atoms with Crippen molar-refractivity contribution in [1.29, 1.82) is 0 Å². The lowest BCUT2D eigenvalue weighted by molar-refractivity contribution is 0.101. The smallest absolute Gasteiger partial charge is 0.274 e. The van der Waals surface area contributed by atoms with Crippen molar-refractivity contribution in [2.75, 3.05) is 10.6 Å². The number of ketones is 1. The normalized spacial score (nSPS) is 10.2. The molecule has 0 atom stereocenters. The van der Waals surface area contributed by atoms with Gasteiger partial charge in [0.15, 0.2) is 5.78 Å². The molecule has 3 aromatic rings. The lowest BCUT2D eigenvalue weighted by atomic mass is 10.1. The van der Waals surface area contributed by atoms with Crippen LogP contribution in [0.1, 0.15) is 27.8 Å². The molecule has 6 heteroatoms. The van der Waals surface area contributed by atoms with Gasteiger partial charge in [-0.1, -0.05) is 23.7 Å². The molecule has 0 aliphatic carbocycles. The predicted molar refractivity (Wildman–Crippen MR) is 103 cm³/mol. The van der Waals surface area contributed by atoms with Crippen LogP contribution < -0.4 is 10.6 Å². The molecule has 2 aromatic carbocycles. The Labute approximate surface area is 156 Å². The fourth-order valence-electron chi connectivity index (χ4n) is 2.31. The minimum Gasteiger partial charge on any atom is -0.354 e. The zero-order valence-electron chi connectivity index (χ0n) is 14.0. The van der Waals surface area contributed by atoms with Crippen LogP contribution in [0.25, 0.3) is 0 Å². The van der Waals surface area contributed by atoms with Crippen molar-refractivity contribution in [2.24, 2.45) is 0 Å². The summed E-state index contributed by atoms with van der Waals surface area (Å²) in [5.41, 5.74) is 3.06. The molecule has 5 nitrogen and oxygen atoms in total. The van der Waals surface area contributed by atoms with Crippen molar-refractivity contribution in [3.8, 4) is 0 Å². The van der Waals surface area contributed by atoms with Crippen molar-refractivity contribution in [3.63, 3.8) is 0 Å². The van der Waals surface area contributed by atoms with E-state index in [4.69, 9.17) is 11.6 Å². The number of Topliss-reactive ketones (excluding diaryl/α,β-unsaturated/α-hetero) is 1. The van der Waals surface area contributed by atoms with E-state index < -0.39 is 0 Å². The monoisotopic (exact) mass is 365 g/mol. The molecular formula is C20H16ClN3O2. The number of carbonyl (C=O) groups is 2. The second kappa shape index (κ2) is 7.80. The summed E-state index contributed by atoms with van der Waals surface area (Å²) in [6, 6.07) is 17.4. The van der Waals surface area contributed by atoms with E-state index in [0.29, 0.717) is 27.7 Å². The first kappa shape index (κ1) is 17.6. The average molecular weight is 366 g/mol. The van der Waals surface area contributed by atoms with Gasteiger partial charge < -0.3 is 10.6 Å². The molecule has 130 valence electrons. The number of halogens is 1. The first-order chi connectivity index (χ1) is 12.5. The number of hydrogen-bond donors (Lipinski definition) is 2. The van der Waals surface area contributed by atoms with Gasteiger partial charge in [-0.25, -0.2) is 4.98 Å². The summed E-state index contributed by atoms with van der Waals surface area (Å²) in [7, 11) is 0. The van der Waals surface area contributed by atoms with Gasteiger partial charge in [0.05, 0.1) is 11.9 Å². The van der Waals surface area contributed by atoms with Crippen molar-refractivity contribution in [1.82, 2.24) is 4.98 Å². The maximum absolute atomic E-state index is 12.2. The molecule has 0 spiro atoms. The number of anilines is 3. The Hall–Kier alpha value is -3.18. The van der Waals surface area contributed by atoms with E-state index in [0.717, 1.165) is 5.69 Å². The van der Waals surface area contributed by atoms with Gasteiger partial charge in [0.1, 0.15) is 5.69 Å². The summed E-state index contributed by atoms with van der Waals surface area (Å²) >= 11 is 5.83. The van der Waals surface area contributed by atoms with Crippen molar-refractivity contribution in [2.45, 2.75) is 6.92 Å². The molecule has 0 aliphatic rings. The summed E-state index contributed by atoms with van der Waals surface area (Å²) in [6.07, 6.45) is 1.57. The van der Waals surface area contributed by atoms with Crippen LogP contribution >= 0.6 is 11.6 Å². The summed E-state index contributed by atoms with van der Waals surface area (Å²) in [6.45, 7) is 1.52. The van der Waals surface area contributed by atoms with E-state index in [1.165, 1.54) is 6.92 Å². The topological polar surface area (TPSA) is 71.1 Å². The van der Waals surface area contributed by atoms with E-state index in [2.05, 4.69) is 15.6 Å². The lowest BCUT2D eigenvalue weighted by Crippen LogP contribution is -2.13. The molecule has 0 saturated carbocycles. The van der Waals surface area contributed by atoms with Crippen LogP contribution in [0.2, 0.25) is 5.02 Å². The molecule has 0 radical (unpaired) electrons. The second-order valence-corrected chi connectivity index (χ2v) is 6.09. The quantitative estimate of drug-likeness (QED) is 0.628. The molecule has 0 aliphatic heterocycles. The molecule has 1 heterocycles. The number of amides is 1. The molecule has 0 saturated heterocycles. The first-order valence-corrected chi connectivity index (χ1v) is 8.30. The minimum atomic E-state index is -0.308. The van der Waals surface area contributed by atoms with Crippen LogP contribution in [0.15, 0.2) is 66.9 Å². The Kier molecular flexibility index (Phi) is 5.29. The number of nitrogens with zero attached hydrogens (tertiary/aromatic N) is 1. The Balaban J connectivity index is 1.68. The van der Waals surface area contributed by atoms with Gasteiger partial charge in [0.25, 0.3) is 5.91 Å². The zero-order chi connectivity index (χ0) is 18.5. The molecule has 0 unspecified atom stereocenters. The molecule has 2 N–H and O–H groups in total. The maximum atomic E-state index is 12.2. The van der Waals surface area contributed by atoms with Crippen LogP contribution in [-0.4, -0.2) is 16.7 Å². The molecule has 1 aromatic heterocycles. The van der Waals surface area contributed by atoms with Gasteiger partial charge in [-0.15, -0.1) is 0 Å². The molecule has 3 rings (SSSR count). The molecular weight excluding hydrogens is 350 g/mol. The van der Waals surface area contributed by atoms with Crippen LogP contribution in [0.5, 0.6) is 0 Å². The highest BCUT2D eigenvalue weighted by atomic mass is 35.5. The van der Waals surface area contributed by atoms with E-state index in [1.54, 1.807) is 60.8 Å². The Morgan fingerprint density at radius 1 is 0.923 bits per heavy atom. The minimum absolute atomic E-state index is 0.000920. The number of pyridine rings is 1. The third-order valence-corrected chi connectivity index (χ3v) is 3.91. The maximum Gasteiger partial charge on any atom is 0.274 e. The molecule has 0 bridgehead atoms. The molecule has 1 amide bonds. The van der Waals surface area contributed by atoms with Gasteiger partial charge >= 0.3 is 0 Å². The highest BCUT2D eigenvalue weighted by molar-refractivity contribution is 6.30. The molecule has 26 heavy (non-hydrogen) atoms. The fraction of sp³-hybridized carbons (Fsp3) is 0.0500. The third-order valence-electron chi connectivity index (χ3n) is 3.66. The van der Waals surface area contributed by atoms with Crippen LogP contribution in [0.3, 0.4) is 0 Å². The first-order valence-electron chi connectivity index (χ1n) is 7.92. The van der Waals surface area contributed by atoms with Crippen LogP contribution in [0.4, 0.5) is 17.1 Å². The van der Waals surface area contributed by atoms with Crippen molar-refractivity contribution >= 4 is 40.4 Å². The molecule has 0 fully saturated rings. The highest BCUT2D eigenvalue weighted by Crippen LogP contribution is 2.18. The summed E-state index contributed by atoms with van der Waals surface area (Å²) < 4.78 is 0. The number of benzene rings is 2. The van der Waals surface area contributed by atoms with Gasteiger partial charge in [-0.3, -0.25) is 9.59 Å².